The average Bonchev–Trinajstić information content (AvgIpc) is 2.46. The summed E-state index contributed by atoms with van der Waals surface area (Å²) in [6.45, 7) is 2.92. The molecular weight excluding hydrogens is 232 g/mol. The monoisotopic (exact) mass is 248 g/mol. The van der Waals surface area contributed by atoms with Crippen LogP contribution in [0.2, 0.25) is 0 Å². The number of amides is 1. The molecule has 1 heterocycles. The van der Waals surface area contributed by atoms with Crippen molar-refractivity contribution in [3.05, 3.63) is 29.8 Å². The van der Waals surface area contributed by atoms with E-state index in [1.807, 2.05) is 4.90 Å². The number of rotatable bonds is 3. The molecule has 5 nitrogen and oxygen atoms in total. The molecular formula is C13H16N2O3. The van der Waals surface area contributed by atoms with Gasteiger partial charge >= 0.3 is 0 Å². The van der Waals surface area contributed by atoms with Crippen LogP contribution in [0.25, 0.3) is 0 Å². The molecule has 1 amide bonds. The minimum Gasteiger partial charge on any atom is -0.497 e. The van der Waals surface area contributed by atoms with E-state index in [0.717, 1.165) is 18.8 Å². The predicted molar refractivity (Wildman–Crippen MR) is 68.2 cm³/mol. The van der Waals surface area contributed by atoms with Gasteiger partial charge in [0.15, 0.2) is 0 Å². The quantitative estimate of drug-likeness (QED) is 0.595. The zero-order chi connectivity index (χ0) is 12.8. The van der Waals surface area contributed by atoms with Gasteiger partial charge in [0.2, 0.25) is 0 Å². The molecule has 0 aromatic heterocycles. The molecule has 0 spiro atoms. The second kappa shape index (κ2) is 6.16. The van der Waals surface area contributed by atoms with Crippen molar-refractivity contribution < 1.29 is 14.3 Å². The number of methoxy groups -OCH3 is 1. The third-order valence-corrected chi connectivity index (χ3v) is 2.72. The van der Waals surface area contributed by atoms with Crippen molar-refractivity contribution in [2.45, 2.75) is 0 Å². The molecule has 5 heteroatoms. The lowest BCUT2D eigenvalue weighted by molar-refractivity contribution is 0.0697. The van der Waals surface area contributed by atoms with E-state index in [2.05, 4.69) is 4.99 Å². The standard InChI is InChI=1S/C13H16N2O3/c1-17-12-4-2-11(3-5-12)13(16)14-10-15-6-8-18-9-7-15/h2-5,10H,6-9H2,1H3. The second-order valence-corrected chi connectivity index (χ2v) is 3.93. The Morgan fingerprint density at radius 2 is 2.00 bits per heavy atom. The van der Waals surface area contributed by atoms with E-state index in [-0.39, 0.29) is 5.91 Å². The van der Waals surface area contributed by atoms with Gasteiger partial charge in [-0.3, -0.25) is 4.79 Å². The maximum absolute atomic E-state index is 11.8. The average molecular weight is 248 g/mol. The van der Waals surface area contributed by atoms with Crippen LogP contribution in [0.5, 0.6) is 5.75 Å². The fraction of sp³-hybridized carbons (Fsp3) is 0.385. The summed E-state index contributed by atoms with van der Waals surface area (Å²) in [6.07, 6.45) is 1.59. The molecule has 1 saturated heterocycles. The molecule has 18 heavy (non-hydrogen) atoms. The number of ether oxygens (including phenoxy) is 2. The molecule has 1 aromatic rings. The molecule has 1 aromatic carbocycles. The fourth-order valence-corrected chi connectivity index (χ4v) is 1.64. The first-order chi connectivity index (χ1) is 8.79. The summed E-state index contributed by atoms with van der Waals surface area (Å²) in [5.74, 6) is 0.479. The van der Waals surface area contributed by atoms with Crippen LogP contribution in [0, 0.1) is 0 Å². The summed E-state index contributed by atoms with van der Waals surface area (Å²) in [4.78, 5) is 17.7. The highest BCUT2D eigenvalue weighted by Crippen LogP contribution is 2.11. The van der Waals surface area contributed by atoms with Crippen molar-refractivity contribution in [2.24, 2.45) is 4.99 Å². The third-order valence-electron chi connectivity index (χ3n) is 2.72. The lowest BCUT2D eigenvalue weighted by atomic mass is 10.2. The first-order valence-electron chi connectivity index (χ1n) is 5.84. The highest BCUT2D eigenvalue weighted by atomic mass is 16.5. The molecule has 1 fully saturated rings. The normalized spacial score (nSPS) is 15.9. The first-order valence-corrected chi connectivity index (χ1v) is 5.84. The molecule has 0 radical (unpaired) electrons. The van der Waals surface area contributed by atoms with Crippen LogP contribution in [-0.4, -0.2) is 50.6 Å². The van der Waals surface area contributed by atoms with Crippen LogP contribution in [0.1, 0.15) is 10.4 Å². The largest absolute Gasteiger partial charge is 0.497 e. The molecule has 0 aliphatic carbocycles. The van der Waals surface area contributed by atoms with Gasteiger partial charge in [-0.1, -0.05) is 0 Å². The molecule has 1 aliphatic rings. The minimum atomic E-state index is -0.246. The molecule has 0 unspecified atom stereocenters. The van der Waals surface area contributed by atoms with E-state index < -0.39 is 0 Å². The lowest BCUT2D eigenvalue weighted by Crippen LogP contribution is -2.35. The van der Waals surface area contributed by atoms with Crippen LogP contribution in [0.4, 0.5) is 0 Å². The van der Waals surface area contributed by atoms with Gasteiger partial charge in [0, 0.05) is 18.7 Å². The van der Waals surface area contributed by atoms with Crippen molar-refractivity contribution in [1.82, 2.24) is 4.90 Å². The molecule has 0 N–H and O–H groups in total. The molecule has 0 saturated carbocycles. The Morgan fingerprint density at radius 1 is 1.33 bits per heavy atom. The van der Waals surface area contributed by atoms with Crippen molar-refractivity contribution in [3.8, 4) is 5.75 Å². The maximum atomic E-state index is 11.8. The third kappa shape index (κ3) is 3.30. The van der Waals surface area contributed by atoms with Gasteiger partial charge in [0.25, 0.3) is 5.91 Å². The number of hydrogen-bond acceptors (Lipinski definition) is 3. The summed E-state index contributed by atoms with van der Waals surface area (Å²) in [7, 11) is 1.59. The first kappa shape index (κ1) is 12.6. The summed E-state index contributed by atoms with van der Waals surface area (Å²) < 4.78 is 10.2. The Hall–Kier alpha value is -1.88. The summed E-state index contributed by atoms with van der Waals surface area (Å²) in [5, 5.41) is 0. The number of nitrogens with zero attached hydrogens (tertiary/aromatic N) is 2. The number of carbonyl (C=O) groups excluding carboxylic acids is 1. The second-order valence-electron chi connectivity index (χ2n) is 3.93. The topological polar surface area (TPSA) is 51.1 Å². The predicted octanol–water partition coefficient (Wildman–Crippen LogP) is 1.20. The molecule has 0 bridgehead atoms. The van der Waals surface area contributed by atoms with Gasteiger partial charge in [-0.2, -0.15) is 4.99 Å². The van der Waals surface area contributed by atoms with Crippen LogP contribution in [-0.2, 0) is 4.74 Å². The Morgan fingerprint density at radius 3 is 2.61 bits per heavy atom. The SMILES string of the molecule is COc1ccc(C(=O)N=CN2CCOCC2)cc1. The van der Waals surface area contributed by atoms with Gasteiger partial charge in [-0.05, 0) is 24.3 Å². The minimum absolute atomic E-state index is 0.246. The summed E-state index contributed by atoms with van der Waals surface area (Å²) in [5.41, 5.74) is 0.556. The van der Waals surface area contributed by atoms with Crippen LogP contribution < -0.4 is 4.74 Å². The van der Waals surface area contributed by atoms with Gasteiger partial charge in [0.1, 0.15) is 5.75 Å². The van der Waals surface area contributed by atoms with Crippen LogP contribution >= 0.6 is 0 Å². The Labute approximate surface area is 106 Å². The smallest absolute Gasteiger partial charge is 0.278 e. The zero-order valence-electron chi connectivity index (χ0n) is 10.3. The highest BCUT2D eigenvalue weighted by Gasteiger charge is 2.08. The van der Waals surface area contributed by atoms with E-state index in [4.69, 9.17) is 9.47 Å². The van der Waals surface area contributed by atoms with E-state index >= 15 is 0 Å². The van der Waals surface area contributed by atoms with Crippen molar-refractivity contribution in [1.29, 1.82) is 0 Å². The van der Waals surface area contributed by atoms with Crippen LogP contribution in [0.3, 0.4) is 0 Å². The number of hydrogen-bond donors (Lipinski definition) is 0. The Bertz CT molecular complexity index is 422. The van der Waals surface area contributed by atoms with E-state index in [1.165, 1.54) is 0 Å². The van der Waals surface area contributed by atoms with Crippen molar-refractivity contribution in [2.75, 3.05) is 33.4 Å². The number of morpholine rings is 1. The molecule has 2 rings (SSSR count). The Kier molecular flexibility index (Phi) is 4.30. The lowest BCUT2D eigenvalue weighted by Gasteiger charge is -2.23. The fourth-order valence-electron chi connectivity index (χ4n) is 1.64. The Balaban J connectivity index is 1.95. The van der Waals surface area contributed by atoms with Crippen molar-refractivity contribution in [3.63, 3.8) is 0 Å². The molecule has 0 atom stereocenters. The van der Waals surface area contributed by atoms with Crippen molar-refractivity contribution >= 4 is 12.2 Å². The van der Waals surface area contributed by atoms with Gasteiger partial charge in [0.05, 0.1) is 26.7 Å². The van der Waals surface area contributed by atoms with E-state index in [1.54, 1.807) is 37.7 Å². The van der Waals surface area contributed by atoms with E-state index in [0.29, 0.717) is 18.8 Å². The van der Waals surface area contributed by atoms with Gasteiger partial charge < -0.3 is 14.4 Å². The number of carbonyl (C=O) groups is 1. The zero-order valence-corrected chi connectivity index (χ0v) is 10.3. The highest BCUT2D eigenvalue weighted by molar-refractivity contribution is 5.98. The molecule has 96 valence electrons. The number of aliphatic imine (C=N–C) groups is 1. The molecule has 1 aliphatic heterocycles. The van der Waals surface area contributed by atoms with E-state index in [9.17, 15) is 4.79 Å². The maximum Gasteiger partial charge on any atom is 0.278 e. The number of benzene rings is 1. The summed E-state index contributed by atoms with van der Waals surface area (Å²) >= 11 is 0. The summed E-state index contributed by atoms with van der Waals surface area (Å²) in [6, 6.07) is 6.91. The van der Waals surface area contributed by atoms with Gasteiger partial charge in [-0.25, -0.2) is 0 Å². The van der Waals surface area contributed by atoms with Crippen LogP contribution in [0.15, 0.2) is 29.3 Å². The van der Waals surface area contributed by atoms with Gasteiger partial charge in [-0.15, -0.1) is 0 Å².